The zero-order chi connectivity index (χ0) is 20.4. The van der Waals surface area contributed by atoms with E-state index in [1.165, 1.54) is 25.0 Å². The Labute approximate surface area is 169 Å². The molecule has 1 aliphatic carbocycles. The van der Waals surface area contributed by atoms with E-state index in [0.717, 1.165) is 18.4 Å². The van der Waals surface area contributed by atoms with Crippen LogP contribution in [0.15, 0.2) is 42.5 Å². The number of ether oxygens (including phenoxy) is 1. The number of fused-ring (bicyclic) bond motifs is 1. The minimum Gasteiger partial charge on any atom is -0.374 e. The average molecular weight is 392 g/mol. The first kappa shape index (κ1) is 19.3. The number of rotatable bonds is 5. The lowest BCUT2D eigenvalue weighted by Gasteiger charge is -2.26. The van der Waals surface area contributed by atoms with Crippen molar-refractivity contribution < 1.29 is 19.1 Å². The van der Waals surface area contributed by atoms with Crippen LogP contribution >= 0.6 is 0 Å². The second-order valence-electron chi connectivity index (χ2n) is 7.90. The summed E-state index contributed by atoms with van der Waals surface area (Å²) in [4.78, 5) is 36.0. The molecular weight excluding hydrogens is 368 g/mol. The standard InChI is InChI=1S/C23H24N2O4/c1-14-4-2-7-18(10-14)29-13-15-5-3-6-17(11-15)24-21(26)16-8-9-19-20(12-16)23(28)25-22(19)27/h3,5-6,8-9,11-12,14,18H,2,4,7,10,13H2,1H3,(H,24,26)(H,25,27,28). The third-order valence-corrected chi connectivity index (χ3v) is 5.56. The van der Waals surface area contributed by atoms with Gasteiger partial charge in [-0.3, -0.25) is 19.7 Å². The van der Waals surface area contributed by atoms with Crippen molar-refractivity contribution in [3.63, 3.8) is 0 Å². The van der Waals surface area contributed by atoms with E-state index in [1.807, 2.05) is 24.3 Å². The highest BCUT2D eigenvalue weighted by atomic mass is 16.5. The van der Waals surface area contributed by atoms with Gasteiger partial charge in [-0.15, -0.1) is 0 Å². The molecule has 2 aromatic rings. The lowest BCUT2D eigenvalue weighted by atomic mass is 9.89. The Bertz CT molecular complexity index is 969. The first-order valence-electron chi connectivity index (χ1n) is 10.0. The summed E-state index contributed by atoms with van der Waals surface area (Å²) in [6.07, 6.45) is 5.00. The number of hydrogen-bond donors (Lipinski definition) is 2. The Morgan fingerprint density at radius 1 is 1.10 bits per heavy atom. The van der Waals surface area contributed by atoms with Crippen LogP contribution in [0, 0.1) is 5.92 Å². The summed E-state index contributed by atoms with van der Waals surface area (Å²) < 4.78 is 6.07. The predicted octanol–water partition coefficient (Wildman–Crippen LogP) is 3.92. The quantitative estimate of drug-likeness (QED) is 0.756. The smallest absolute Gasteiger partial charge is 0.258 e. The minimum absolute atomic E-state index is 0.228. The van der Waals surface area contributed by atoms with Gasteiger partial charge in [0, 0.05) is 11.3 Å². The largest absolute Gasteiger partial charge is 0.374 e. The second kappa shape index (κ2) is 8.17. The third-order valence-electron chi connectivity index (χ3n) is 5.56. The van der Waals surface area contributed by atoms with E-state index >= 15 is 0 Å². The monoisotopic (exact) mass is 392 g/mol. The van der Waals surface area contributed by atoms with Crippen molar-refractivity contribution in [3.05, 3.63) is 64.7 Å². The molecule has 2 N–H and O–H groups in total. The maximum Gasteiger partial charge on any atom is 0.258 e. The van der Waals surface area contributed by atoms with Crippen LogP contribution in [0.3, 0.4) is 0 Å². The van der Waals surface area contributed by atoms with Gasteiger partial charge >= 0.3 is 0 Å². The number of imide groups is 1. The summed E-state index contributed by atoms with van der Waals surface area (Å²) in [5.41, 5.74) is 2.51. The minimum atomic E-state index is -0.476. The fourth-order valence-corrected chi connectivity index (χ4v) is 4.00. The molecule has 2 aliphatic rings. The molecule has 29 heavy (non-hydrogen) atoms. The molecular formula is C23H24N2O4. The van der Waals surface area contributed by atoms with Gasteiger partial charge in [0.1, 0.15) is 0 Å². The molecule has 6 nitrogen and oxygen atoms in total. The Morgan fingerprint density at radius 2 is 1.93 bits per heavy atom. The average Bonchev–Trinajstić information content (AvgIpc) is 3.00. The number of carbonyl (C=O) groups excluding carboxylic acids is 3. The fourth-order valence-electron chi connectivity index (χ4n) is 4.00. The van der Waals surface area contributed by atoms with Gasteiger partial charge in [0.25, 0.3) is 17.7 Å². The predicted molar refractivity (Wildman–Crippen MR) is 109 cm³/mol. The van der Waals surface area contributed by atoms with Crippen molar-refractivity contribution in [3.8, 4) is 0 Å². The van der Waals surface area contributed by atoms with E-state index < -0.39 is 11.8 Å². The van der Waals surface area contributed by atoms with E-state index in [1.54, 1.807) is 6.07 Å². The topological polar surface area (TPSA) is 84.5 Å². The lowest BCUT2D eigenvalue weighted by Crippen LogP contribution is -2.21. The Morgan fingerprint density at radius 3 is 2.76 bits per heavy atom. The highest BCUT2D eigenvalue weighted by molar-refractivity contribution is 6.22. The zero-order valence-electron chi connectivity index (χ0n) is 16.4. The van der Waals surface area contributed by atoms with E-state index in [0.29, 0.717) is 35.4 Å². The molecule has 1 fully saturated rings. The van der Waals surface area contributed by atoms with Gasteiger partial charge in [0.05, 0.1) is 23.8 Å². The Kier molecular flexibility index (Phi) is 5.45. The molecule has 1 saturated carbocycles. The second-order valence-corrected chi connectivity index (χ2v) is 7.90. The van der Waals surface area contributed by atoms with Crippen molar-refractivity contribution in [1.82, 2.24) is 5.32 Å². The molecule has 0 aromatic heterocycles. The van der Waals surface area contributed by atoms with Gasteiger partial charge in [-0.1, -0.05) is 31.9 Å². The van der Waals surface area contributed by atoms with Crippen molar-refractivity contribution >= 4 is 23.4 Å². The summed E-state index contributed by atoms with van der Waals surface area (Å²) in [5.74, 6) is -0.531. The highest BCUT2D eigenvalue weighted by Gasteiger charge is 2.27. The molecule has 1 heterocycles. The molecule has 0 saturated heterocycles. The molecule has 3 amide bonds. The van der Waals surface area contributed by atoms with Gasteiger partial charge < -0.3 is 10.1 Å². The summed E-state index contributed by atoms with van der Waals surface area (Å²) in [6.45, 7) is 2.78. The summed E-state index contributed by atoms with van der Waals surface area (Å²) >= 11 is 0. The van der Waals surface area contributed by atoms with Crippen molar-refractivity contribution in [2.75, 3.05) is 5.32 Å². The number of hydrogen-bond acceptors (Lipinski definition) is 4. The van der Waals surface area contributed by atoms with Crippen LogP contribution in [0.2, 0.25) is 0 Å². The van der Waals surface area contributed by atoms with Crippen LogP contribution in [-0.4, -0.2) is 23.8 Å². The highest BCUT2D eigenvalue weighted by Crippen LogP contribution is 2.26. The first-order chi connectivity index (χ1) is 14.0. The number of anilines is 1. The van der Waals surface area contributed by atoms with Gasteiger partial charge in [0.2, 0.25) is 0 Å². The van der Waals surface area contributed by atoms with Crippen LogP contribution in [0.5, 0.6) is 0 Å². The molecule has 6 heteroatoms. The summed E-state index contributed by atoms with van der Waals surface area (Å²) in [5, 5.41) is 5.08. The number of carbonyl (C=O) groups is 3. The molecule has 1 aliphatic heterocycles. The van der Waals surface area contributed by atoms with E-state index in [-0.39, 0.29) is 11.5 Å². The molecule has 4 rings (SSSR count). The lowest BCUT2D eigenvalue weighted by molar-refractivity contribution is 0.00468. The van der Waals surface area contributed by atoms with Crippen LogP contribution in [-0.2, 0) is 11.3 Å². The Balaban J connectivity index is 1.40. The van der Waals surface area contributed by atoms with E-state index in [2.05, 4.69) is 17.6 Å². The zero-order valence-corrected chi connectivity index (χ0v) is 16.4. The van der Waals surface area contributed by atoms with Gasteiger partial charge in [-0.25, -0.2) is 0 Å². The molecule has 2 atom stereocenters. The SMILES string of the molecule is CC1CCCC(OCc2cccc(NC(=O)c3ccc4c(c3)C(=O)NC4=O)c2)C1. The number of amides is 3. The van der Waals surface area contributed by atoms with Crippen molar-refractivity contribution in [1.29, 1.82) is 0 Å². The van der Waals surface area contributed by atoms with Crippen LogP contribution in [0.4, 0.5) is 5.69 Å². The number of benzene rings is 2. The molecule has 2 aromatic carbocycles. The van der Waals surface area contributed by atoms with E-state index in [4.69, 9.17) is 4.74 Å². The maximum absolute atomic E-state index is 12.6. The summed E-state index contributed by atoms with van der Waals surface area (Å²) in [7, 11) is 0. The van der Waals surface area contributed by atoms with Gasteiger partial charge in [-0.05, 0) is 54.7 Å². The van der Waals surface area contributed by atoms with Crippen molar-refractivity contribution in [2.45, 2.75) is 45.3 Å². The first-order valence-corrected chi connectivity index (χ1v) is 10.0. The van der Waals surface area contributed by atoms with Gasteiger partial charge in [-0.2, -0.15) is 0 Å². The Hall–Kier alpha value is -2.99. The molecule has 0 spiro atoms. The number of nitrogens with one attached hydrogen (secondary N) is 2. The molecule has 2 unspecified atom stereocenters. The maximum atomic E-state index is 12.6. The van der Waals surface area contributed by atoms with Crippen LogP contribution < -0.4 is 10.6 Å². The van der Waals surface area contributed by atoms with Crippen LogP contribution in [0.1, 0.15) is 69.2 Å². The van der Waals surface area contributed by atoms with E-state index in [9.17, 15) is 14.4 Å². The van der Waals surface area contributed by atoms with Crippen molar-refractivity contribution in [2.24, 2.45) is 5.92 Å². The van der Waals surface area contributed by atoms with Crippen LogP contribution in [0.25, 0.3) is 0 Å². The molecule has 150 valence electrons. The van der Waals surface area contributed by atoms with Gasteiger partial charge in [0.15, 0.2) is 0 Å². The molecule has 0 radical (unpaired) electrons. The third kappa shape index (κ3) is 4.38. The fraction of sp³-hybridized carbons (Fsp3) is 0.348. The summed E-state index contributed by atoms with van der Waals surface area (Å²) in [6, 6.07) is 12.1. The molecule has 0 bridgehead atoms. The normalized spacial score (nSPS) is 20.9.